The SMILES string of the molecule is CCSc1nnc(SC(C)C(=O)Nc2c(Cl)cc(Cl)cc2Cl)s1. The molecule has 10 heteroatoms. The number of carbonyl (C=O) groups excluding carboxylic acids is 1. The Morgan fingerprint density at radius 3 is 2.48 bits per heavy atom. The quantitative estimate of drug-likeness (QED) is 0.595. The number of hydrogen-bond donors (Lipinski definition) is 1. The molecule has 0 saturated carbocycles. The molecule has 0 bridgehead atoms. The molecule has 4 nitrogen and oxygen atoms in total. The molecule has 0 fully saturated rings. The van der Waals surface area contributed by atoms with Crippen molar-refractivity contribution in [3.05, 3.63) is 27.2 Å². The molecular weight excluding hydrogens is 417 g/mol. The van der Waals surface area contributed by atoms with E-state index in [1.54, 1.807) is 18.7 Å². The lowest BCUT2D eigenvalue weighted by atomic mass is 10.3. The van der Waals surface area contributed by atoms with E-state index < -0.39 is 0 Å². The van der Waals surface area contributed by atoms with Crippen molar-refractivity contribution in [2.24, 2.45) is 0 Å². The van der Waals surface area contributed by atoms with Crippen molar-refractivity contribution < 1.29 is 4.79 Å². The molecule has 1 aromatic heterocycles. The number of nitrogens with one attached hydrogen (secondary N) is 1. The molecule has 0 radical (unpaired) electrons. The Morgan fingerprint density at radius 2 is 1.87 bits per heavy atom. The summed E-state index contributed by atoms with van der Waals surface area (Å²) in [4.78, 5) is 12.3. The summed E-state index contributed by atoms with van der Waals surface area (Å²) in [6.07, 6.45) is 0. The third kappa shape index (κ3) is 5.41. The summed E-state index contributed by atoms with van der Waals surface area (Å²) in [5.41, 5.74) is 0.356. The minimum Gasteiger partial charge on any atom is -0.323 e. The van der Waals surface area contributed by atoms with Crippen LogP contribution >= 0.6 is 69.7 Å². The van der Waals surface area contributed by atoms with Gasteiger partial charge in [0.2, 0.25) is 5.91 Å². The second-order valence-corrected chi connectivity index (χ2v) is 9.59. The monoisotopic (exact) mass is 427 g/mol. The smallest absolute Gasteiger partial charge is 0.237 e. The molecule has 2 rings (SSSR count). The average molecular weight is 429 g/mol. The maximum atomic E-state index is 12.3. The summed E-state index contributed by atoms with van der Waals surface area (Å²) in [6, 6.07) is 3.06. The number of halogens is 3. The Balaban J connectivity index is 2.02. The molecule has 1 aromatic carbocycles. The zero-order valence-corrected chi connectivity index (χ0v) is 16.8. The summed E-state index contributed by atoms with van der Waals surface area (Å²) >= 11 is 22.4. The molecule has 0 aliphatic rings. The first-order valence-electron chi connectivity index (χ1n) is 6.49. The summed E-state index contributed by atoms with van der Waals surface area (Å²) in [7, 11) is 0. The number of carbonyl (C=O) groups is 1. The lowest BCUT2D eigenvalue weighted by molar-refractivity contribution is -0.115. The summed E-state index contributed by atoms with van der Waals surface area (Å²) in [5, 5.41) is 11.5. The Morgan fingerprint density at radius 1 is 1.26 bits per heavy atom. The number of hydrogen-bond acceptors (Lipinski definition) is 6. The zero-order chi connectivity index (χ0) is 17.0. The van der Waals surface area contributed by atoms with Crippen LogP contribution in [-0.4, -0.2) is 27.1 Å². The van der Waals surface area contributed by atoms with E-state index in [-0.39, 0.29) is 11.2 Å². The first-order valence-corrected chi connectivity index (χ1v) is 10.3. The molecule has 0 aliphatic carbocycles. The number of nitrogens with zero attached hydrogens (tertiary/aromatic N) is 2. The Kier molecular flexibility index (Phi) is 7.31. The fourth-order valence-electron chi connectivity index (χ4n) is 1.52. The van der Waals surface area contributed by atoms with Gasteiger partial charge in [-0.15, -0.1) is 10.2 Å². The first-order chi connectivity index (χ1) is 10.9. The third-order valence-electron chi connectivity index (χ3n) is 2.56. The molecule has 0 spiro atoms. The highest BCUT2D eigenvalue weighted by molar-refractivity contribution is 8.03. The molecule has 0 saturated heterocycles. The molecule has 1 amide bonds. The first kappa shape index (κ1) is 19.1. The van der Waals surface area contributed by atoms with E-state index in [9.17, 15) is 4.79 Å². The van der Waals surface area contributed by atoms with E-state index >= 15 is 0 Å². The van der Waals surface area contributed by atoms with Gasteiger partial charge in [-0.25, -0.2) is 0 Å². The highest BCUT2D eigenvalue weighted by Gasteiger charge is 2.19. The van der Waals surface area contributed by atoms with Crippen molar-refractivity contribution in [1.29, 1.82) is 0 Å². The van der Waals surface area contributed by atoms with Gasteiger partial charge < -0.3 is 5.32 Å². The van der Waals surface area contributed by atoms with E-state index in [1.807, 2.05) is 0 Å². The van der Waals surface area contributed by atoms with Crippen LogP contribution < -0.4 is 5.32 Å². The third-order valence-corrected chi connectivity index (χ3v) is 6.49. The van der Waals surface area contributed by atoms with Crippen molar-refractivity contribution in [1.82, 2.24) is 10.2 Å². The molecule has 1 unspecified atom stereocenters. The lowest BCUT2D eigenvalue weighted by Gasteiger charge is -2.13. The topological polar surface area (TPSA) is 54.9 Å². The van der Waals surface area contributed by atoms with Gasteiger partial charge in [-0.2, -0.15) is 0 Å². The normalized spacial score (nSPS) is 12.2. The summed E-state index contributed by atoms with van der Waals surface area (Å²) in [5.74, 6) is 0.712. The Labute approximate surface area is 161 Å². The van der Waals surface area contributed by atoms with E-state index in [0.717, 1.165) is 14.4 Å². The molecule has 1 N–H and O–H groups in total. The molecule has 0 aliphatic heterocycles. The van der Waals surface area contributed by atoms with Crippen LogP contribution in [-0.2, 0) is 4.79 Å². The lowest BCUT2D eigenvalue weighted by Crippen LogP contribution is -2.22. The number of benzene rings is 1. The Hall–Kier alpha value is -0.180. The van der Waals surface area contributed by atoms with Crippen molar-refractivity contribution in [3.63, 3.8) is 0 Å². The maximum absolute atomic E-state index is 12.3. The average Bonchev–Trinajstić information content (AvgIpc) is 2.90. The number of rotatable bonds is 6. The Bertz CT molecular complexity index is 688. The summed E-state index contributed by atoms with van der Waals surface area (Å²) < 4.78 is 1.64. The van der Waals surface area contributed by atoms with Gasteiger partial charge in [-0.05, 0) is 24.8 Å². The summed E-state index contributed by atoms with van der Waals surface area (Å²) in [6.45, 7) is 3.83. The second-order valence-electron chi connectivity index (χ2n) is 4.26. The van der Waals surface area contributed by atoms with Gasteiger partial charge in [0.15, 0.2) is 8.68 Å². The molecule has 1 atom stereocenters. The molecular formula is C13H12Cl3N3OS3. The predicted molar refractivity (Wildman–Crippen MR) is 102 cm³/mol. The van der Waals surface area contributed by atoms with Crippen molar-refractivity contribution in [2.45, 2.75) is 27.8 Å². The van der Waals surface area contributed by atoms with E-state index in [1.165, 1.54) is 35.2 Å². The van der Waals surface area contributed by atoms with Gasteiger partial charge in [-0.1, -0.05) is 76.6 Å². The fraction of sp³-hybridized carbons (Fsp3) is 0.308. The van der Waals surface area contributed by atoms with Crippen LogP contribution in [0.2, 0.25) is 15.1 Å². The highest BCUT2D eigenvalue weighted by atomic mass is 35.5. The van der Waals surface area contributed by atoms with Gasteiger partial charge in [0.1, 0.15) is 0 Å². The number of anilines is 1. The van der Waals surface area contributed by atoms with E-state index in [2.05, 4.69) is 22.4 Å². The minimum absolute atomic E-state index is 0.221. The molecule has 1 heterocycles. The predicted octanol–water partition coefficient (Wildman–Crippen LogP) is 5.73. The van der Waals surface area contributed by atoms with Crippen molar-refractivity contribution in [2.75, 3.05) is 11.1 Å². The van der Waals surface area contributed by atoms with Crippen LogP contribution in [0.4, 0.5) is 5.69 Å². The van der Waals surface area contributed by atoms with Crippen LogP contribution in [0.25, 0.3) is 0 Å². The molecule has 124 valence electrons. The highest BCUT2D eigenvalue weighted by Crippen LogP contribution is 2.35. The fourth-order valence-corrected chi connectivity index (χ4v) is 5.49. The van der Waals surface area contributed by atoms with Crippen molar-refractivity contribution in [3.8, 4) is 0 Å². The van der Waals surface area contributed by atoms with Crippen molar-refractivity contribution >= 4 is 81.3 Å². The van der Waals surface area contributed by atoms with E-state index in [4.69, 9.17) is 34.8 Å². The van der Waals surface area contributed by atoms with Gasteiger partial charge in [0, 0.05) is 5.02 Å². The van der Waals surface area contributed by atoms with Crippen LogP contribution in [0.15, 0.2) is 20.8 Å². The minimum atomic E-state index is -0.370. The number of amides is 1. The second kappa shape index (κ2) is 8.78. The van der Waals surface area contributed by atoms with Crippen LogP contribution in [0.3, 0.4) is 0 Å². The van der Waals surface area contributed by atoms with Gasteiger partial charge in [0.25, 0.3) is 0 Å². The van der Waals surface area contributed by atoms with Gasteiger partial charge in [-0.3, -0.25) is 4.79 Å². The zero-order valence-electron chi connectivity index (χ0n) is 12.1. The number of thioether (sulfide) groups is 2. The van der Waals surface area contributed by atoms with Crippen LogP contribution in [0.1, 0.15) is 13.8 Å². The van der Waals surface area contributed by atoms with Crippen LogP contribution in [0.5, 0.6) is 0 Å². The standard InChI is InChI=1S/C13H12Cl3N3OS3/c1-3-21-12-18-19-13(23-12)22-6(2)11(20)17-10-8(15)4-7(14)5-9(10)16/h4-6H,3H2,1-2H3,(H,17,20). The maximum Gasteiger partial charge on any atom is 0.237 e. The number of aromatic nitrogens is 2. The van der Waals surface area contributed by atoms with Gasteiger partial charge >= 0.3 is 0 Å². The van der Waals surface area contributed by atoms with E-state index in [0.29, 0.717) is 20.8 Å². The molecule has 23 heavy (non-hydrogen) atoms. The van der Waals surface area contributed by atoms with Gasteiger partial charge in [0.05, 0.1) is 21.0 Å². The largest absolute Gasteiger partial charge is 0.323 e. The molecule has 2 aromatic rings. The van der Waals surface area contributed by atoms with Crippen LogP contribution in [0, 0.1) is 0 Å².